The first kappa shape index (κ1) is 15.0. The van der Waals surface area contributed by atoms with Crippen LogP contribution in [0.2, 0.25) is 0 Å². The number of nitrogens with zero attached hydrogens (tertiary/aromatic N) is 2. The molecule has 0 saturated heterocycles. The van der Waals surface area contributed by atoms with Gasteiger partial charge in [0.1, 0.15) is 5.54 Å². The molecule has 0 radical (unpaired) electrons. The van der Waals surface area contributed by atoms with Gasteiger partial charge in [-0.2, -0.15) is 0 Å². The summed E-state index contributed by atoms with van der Waals surface area (Å²) < 4.78 is 7.33. The molecular formula is C15H25N3O2. The monoisotopic (exact) mass is 279 g/mol. The first-order valence-corrected chi connectivity index (χ1v) is 7.39. The summed E-state index contributed by atoms with van der Waals surface area (Å²) in [5.74, 6) is -0.151. The van der Waals surface area contributed by atoms with Crippen molar-refractivity contribution in [2.45, 2.75) is 65.1 Å². The minimum atomic E-state index is -0.609. The smallest absolute Gasteiger partial charge is 0.326 e. The van der Waals surface area contributed by atoms with Crippen molar-refractivity contribution in [2.75, 3.05) is 6.61 Å². The average molecular weight is 279 g/mol. The first-order valence-electron chi connectivity index (χ1n) is 7.39. The van der Waals surface area contributed by atoms with Crippen molar-refractivity contribution >= 4 is 5.97 Å². The van der Waals surface area contributed by atoms with Crippen molar-refractivity contribution in [2.24, 2.45) is 0 Å². The first-order chi connectivity index (χ1) is 9.46. The predicted octanol–water partition coefficient (Wildman–Crippen LogP) is 1.96. The van der Waals surface area contributed by atoms with Crippen LogP contribution in [0.15, 0.2) is 6.33 Å². The number of ether oxygens (including phenoxy) is 1. The van der Waals surface area contributed by atoms with E-state index in [4.69, 9.17) is 4.74 Å². The number of nitrogens with one attached hydrogen (secondary N) is 1. The van der Waals surface area contributed by atoms with E-state index in [0.717, 1.165) is 30.8 Å². The standard InChI is InChI=1S/C15H25N3O2/c1-5-20-14(19)15(4,17-13-6-7-13)8-9-18-10-16-11(2)12(18)3/h10,13,17H,5-9H2,1-4H3. The van der Waals surface area contributed by atoms with E-state index in [-0.39, 0.29) is 5.97 Å². The summed E-state index contributed by atoms with van der Waals surface area (Å²) in [4.78, 5) is 16.5. The number of carbonyl (C=O) groups excluding carboxylic acids is 1. The lowest BCUT2D eigenvalue weighted by Crippen LogP contribution is -2.52. The lowest BCUT2D eigenvalue weighted by atomic mass is 9.97. The summed E-state index contributed by atoms with van der Waals surface area (Å²) in [5, 5.41) is 3.44. The van der Waals surface area contributed by atoms with Crippen LogP contribution in [0.5, 0.6) is 0 Å². The third kappa shape index (κ3) is 3.39. The Morgan fingerprint density at radius 3 is 2.75 bits per heavy atom. The Bertz CT molecular complexity index is 479. The van der Waals surface area contributed by atoms with E-state index in [2.05, 4.69) is 21.8 Å². The van der Waals surface area contributed by atoms with Gasteiger partial charge in [-0.05, 0) is 47.0 Å². The molecule has 0 aromatic carbocycles. The van der Waals surface area contributed by atoms with Gasteiger partial charge >= 0.3 is 5.97 Å². The maximum Gasteiger partial charge on any atom is 0.326 e. The molecule has 1 fully saturated rings. The van der Waals surface area contributed by atoms with E-state index >= 15 is 0 Å². The lowest BCUT2D eigenvalue weighted by molar-refractivity contribution is -0.151. The van der Waals surface area contributed by atoms with Gasteiger partial charge in [-0.25, -0.2) is 4.98 Å². The van der Waals surface area contributed by atoms with Crippen molar-refractivity contribution in [1.29, 1.82) is 0 Å². The van der Waals surface area contributed by atoms with Crippen molar-refractivity contribution < 1.29 is 9.53 Å². The molecule has 1 atom stereocenters. The molecule has 1 aliphatic carbocycles. The summed E-state index contributed by atoms with van der Waals surface area (Å²) >= 11 is 0. The second kappa shape index (κ2) is 5.95. The number of aryl methyl sites for hydroxylation is 2. The predicted molar refractivity (Wildman–Crippen MR) is 77.5 cm³/mol. The van der Waals surface area contributed by atoms with Crippen LogP contribution in [-0.4, -0.2) is 33.7 Å². The number of rotatable bonds is 7. The van der Waals surface area contributed by atoms with Crippen molar-refractivity contribution in [1.82, 2.24) is 14.9 Å². The summed E-state index contributed by atoms with van der Waals surface area (Å²) in [5.41, 5.74) is 1.59. The molecule has 112 valence electrons. The number of carbonyl (C=O) groups is 1. The molecule has 1 unspecified atom stereocenters. The second-order valence-corrected chi connectivity index (χ2v) is 5.83. The maximum absolute atomic E-state index is 12.2. The molecule has 20 heavy (non-hydrogen) atoms. The zero-order valence-corrected chi connectivity index (χ0v) is 12.9. The Balaban J connectivity index is 2.03. The lowest BCUT2D eigenvalue weighted by Gasteiger charge is -2.29. The molecule has 0 amide bonds. The second-order valence-electron chi connectivity index (χ2n) is 5.83. The highest BCUT2D eigenvalue weighted by Crippen LogP contribution is 2.25. The number of imidazole rings is 1. The number of aromatic nitrogens is 2. The summed E-state index contributed by atoms with van der Waals surface area (Å²) in [6, 6.07) is 0.468. The topological polar surface area (TPSA) is 56.2 Å². The molecule has 5 heteroatoms. The van der Waals surface area contributed by atoms with Gasteiger partial charge in [0, 0.05) is 18.3 Å². The molecule has 0 spiro atoms. The third-order valence-electron chi connectivity index (χ3n) is 4.02. The Morgan fingerprint density at radius 2 is 2.25 bits per heavy atom. The molecule has 0 aliphatic heterocycles. The van der Waals surface area contributed by atoms with Crippen LogP contribution in [0.1, 0.15) is 44.5 Å². The van der Waals surface area contributed by atoms with Crippen LogP contribution in [-0.2, 0) is 16.1 Å². The SMILES string of the molecule is CCOC(=O)C(C)(CCn1cnc(C)c1C)NC1CC1. The van der Waals surface area contributed by atoms with E-state index < -0.39 is 5.54 Å². The zero-order valence-electron chi connectivity index (χ0n) is 12.9. The summed E-state index contributed by atoms with van der Waals surface area (Å²) in [6.07, 6.45) is 4.85. The Morgan fingerprint density at radius 1 is 1.55 bits per heavy atom. The van der Waals surface area contributed by atoms with Crippen LogP contribution < -0.4 is 5.32 Å². The Kier molecular flexibility index (Phi) is 4.48. The van der Waals surface area contributed by atoms with Gasteiger partial charge < -0.3 is 9.30 Å². The molecule has 1 aromatic heterocycles. The molecule has 0 bridgehead atoms. The zero-order chi connectivity index (χ0) is 14.8. The molecule has 5 nitrogen and oxygen atoms in total. The minimum absolute atomic E-state index is 0.151. The fourth-order valence-corrected chi connectivity index (χ4v) is 2.32. The summed E-state index contributed by atoms with van der Waals surface area (Å²) in [6.45, 7) is 9.03. The van der Waals surface area contributed by atoms with Crippen molar-refractivity contribution in [3.8, 4) is 0 Å². The van der Waals surface area contributed by atoms with Crippen LogP contribution in [0.4, 0.5) is 0 Å². The van der Waals surface area contributed by atoms with E-state index in [0.29, 0.717) is 19.1 Å². The molecule has 1 N–H and O–H groups in total. The fourth-order valence-electron chi connectivity index (χ4n) is 2.32. The molecule has 2 rings (SSSR count). The summed E-state index contributed by atoms with van der Waals surface area (Å²) in [7, 11) is 0. The highest BCUT2D eigenvalue weighted by atomic mass is 16.5. The minimum Gasteiger partial charge on any atom is -0.465 e. The van der Waals surface area contributed by atoms with Gasteiger partial charge in [-0.1, -0.05) is 0 Å². The number of hydrogen-bond donors (Lipinski definition) is 1. The fraction of sp³-hybridized carbons (Fsp3) is 0.733. The van der Waals surface area contributed by atoms with Gasteiger partial charge in [0.2, 0.25) is 0 Å². The highest BCUT2D eigenvalue weighted by molar-refractivity contribution is 5.80. The van der Waals surface area contributed by atoms with Crippen LogP contribution in [0.3, 0.4) is 0 Å². The molecule has 1 saturated carbocycles. The van der Waals surface area contributed by atoms with E-state index in [1.54, 1.807) is 0 Å². The highest BCUT2D eigenvalue weighted by Gasteiger charge is 2.39. The van der Waals surface area contributed by atoms with E-state index in [1.807, 2.05) is 27.1 Å². The van der Waals surface area contributed by atoms with Gasteiger partial charge in [0.15, 0.2) is 0 Å². The molecule has 1 aliphatic rings. The Hall–Kier alpha value is -1.36. The maximum atomic E-state index is 12.2. The van der Waals surface area contributed by atoms with Crippen LogP contribution >= 0.6 is 0 Å². The third-order valence-corrected chi connectivity index (χ3v) is 4.02. The quantitative estimate of drug-likeness (QED) is 0.775. The Labute approximate surface area is 120 Å². The van der Waals surface area contributed by atoms with Crippen molar-refractivity contribution in [3.05, 3.63) is 17.7 Å². The van der Waals surface area contributed by atoms with Crippen LogP contribution in [0.25, 0.3) is 0 Å². The van der Waals surface area contributed by atoms with Gasteiger partial charge in [-0.3, -0.25) is 10.1 Å². The molecular weight excluding hydrogens is 254 g/mol. The van der Waals surface area contributed by atoms with Gasteiger partial charge in [-0.15, -0.1) is 0 Å². The number of hydrogen-bond acceptors (Lipinski definition) is 4. The van der Waals surface area contributed by atoms with Gasteiger partial charge in [0.05, 0.1) is 18.6 Å². The largest absolute Gasteiger partial charge is 0.465 e. The molecule has 1 aromatic rings. The number of esters is 1. The van der Waals surface area contributed by atoms with Crippen LogP contribution in [0, 0.1) is 13.8 Å². The van der Waals surface area contributed by atoms with E-state index in [9.17, 15) is 4.79 Å². The average Bonchev–Trinajstić information content (AvgIpc) is 3.16. The van der Waals surface area contributed by atoms with Gasteiger partial charge in [0.25, 0.3) is 0 Å². The van der Waals surface area contributed by atoms with Crippen molar-refractivity contribution in [3.63, 3.8) is 0 Å². The van der Waals surface area contributed by atoms with E-state index in [1.165, 1.54) is 0 Å². The normalized spacial score (nSPS) is 17.8. The molecule has 1 heterocycles.